The van der Waals surface area contributed by atoms with Gasteiger partial charge in [-0.1, -0.05) is 17.7 Å². The summed E-state index contributed by atoms with van der Waals surface area (Å²) >= 11 is 5.89. The van der Waals surface area contributed by atoms with Crippen molar-refractivity contribution < 1.29 is 4.74 Å². The smallest absolute Gasteiger partial charge is 0.122 e. The van der Waals surface area contributed by atoms with Crippen LogP contribution in [0.25, 0.3) is 0 Å². The molecule has 1 aliphatic rings. The molecule has 1 atom stereocenters. The van der Waals surface area contributed by atoms with Crippen LogP contribution in [0.15, 0.2) is 42.5 Å². The van der Waals surface area contributed by atoms with Crippen molar-refractivity contribution in [2.75, 3.05) is 11.9 Å². The summed E-state index contributed by atoms with van der Waals surface area (Å²) in [5.74, 6) is 1.03. The predicted octanol–water partition coefficient (Wildman–Crippen LogP) is 4.45. The van der Waals surface area contributed by atoms with Crippen LogP contribution in [0.3, 0.4) is 0 Å². The molecule has 1 unspecified atom stereocenters. The summed E-state index contributed by atoms with van der Waals surface area (Å²) < 4.78 is 5.53. The van der Waals surface area contributed by atoms with Crippen molar-refractivity contribution in [2.24, 2.45) is 0 Å². The molecule has 0 amide bonds. The minimum Gasteiger partial charge on any atom is -0.493 e. The highest BCUT2D eigenvalue weighted by atomic mass is 35.5. The lowest BCUT2D eigenvalue weighted by molar-refractivity contribution is 0.357. The Bertz CT molecular complexity index is 580. The van der Waals surface area contributed by atoms with E-state index in [1.165, 1.54) is 11.1 Å². The van der Waals surface area contributed by atoms with E-state index in [1.807, 2.05) is 24.3 Å². The number of hydrogen-bond acceptors (Lipinski definition) is 2. The van der Waals surface area contributed by atoms with Gasteiger partial charge in [0.15, 0.2) is 0 Å². The van der Waals surface area contributed by atoms with Gasteiger partial charge in [-0.2, -0.15) is 0 Å². The Morgan fingerprint density at radius 2 is 1.95 bits per heavy atom. The van der Waals surface area contributed by atoms with E-state index in [0.29, 0.717) is 0 Å². The largest absolute Gasteiger partial charge is 0.493 e. The van der Waals surface area contributed by atoms with Crippen molar-refractivity contribution in [3.8, 4) is 5.75 Å². The third kappa shape index (κ3) is 2.69. The molecular weight excluding hydrogens is 258 g/mol. The Balaban J connectivity index is 1.76. The summed E-state index contributed by atoms with van der Waals surface area (Å²) in [4.78, 5) is 0. The van der Waals surface area contributed by atoms with E-state index < -0.39 is 0 Å². The molecule has 19 heavy (non-hydrogen) atoms. The van der Waals surface area contributed by atoms with Gasteiger partial charge >= 0.3 is 0 Å². The first-order chi connectivity index (χ1) is 9.22. The van der Waals surface area contributed by atoms with Crippen molar-refractivity contribution in [3.05, 3.63) is 58.6 Å². The maximum absolute atomic E-state index is 5.89. The highest BCUT2D eigenvalue weighted by molar-refractivity contribution is 6.30. The molecule has 0 spiro atoms. The molecule has 2 aromatic rings. The van der Waals surface area contributed by atoms with E-state index in [9.17, 15) is 0 Å². The fourth-order valence-electron chi connectivity index (χ4n) is 2.36. The van der Waals surface area contributed by atoms with E-state index >= 15 is 0 Å². The number of rotatable bonds is 3. The molecule has 3 rings (SSSR count). The fraction of sp³-hybridized carbons (Fsp3) is 0.250. The van der Waals surface area contributed by atoms with Gasteiger partial charge in [-0.15, -0.1) is 0 Å². The average molecular weight is 274 g/mol. The van der Waals surface area contributed by atoms with Gasteiger partial charge in [0.1, 0.15) is 5.75 Å². The van der Waals surface area contributed by atoms with E-state index in [4.69, 9.17) is 16.3 Å². The third-order valence-corrected chi connectivity index (χ3v) is 3.69. The summed E-state index contributed by atoms with van der Waals surface area (Å²) in [6.07, 6.45) is 1.01. The van der Waals surface area contributed by atoms with Gasteiger partial charge in [0.25, 0.3) is 0 Å². The molecule has 98 valence electrons. The van der Waals surface area contributed by atoms with Gasteiger partial charge in [-0.05, 0) is 54.4 Å². The van der Waals surface area contributed by atoms with Crippen LogP contribution in [-0.2, 0) is 6.42 Å². The lowest BCUT2D eigenvalue weighted by Gasteiger charge is -2.16. The van der Waals surface area contributed by atoms with Gasteiger partial charge in [0.2, 0.25) is 0 Å². The molecule has 1 N–H and O–H groups in total. The van der Waals surface area contributed by atoms with Crippen LogP contribution < -0.4 is 10.1 Å². The van der Waals surface area contributed by atoms with Gasteiger partial charge in [-0.3, -0.25) is 0 Å². The Labute approximate surface area is 118 Å². The lowest BCUT2D eigenvalue weighted by atomic mass is 10.0. The van der Waals surface area contributed by atoms with Gasteiger partial charge in [0, 0.05) is 23.2 Å². The van der Waals surface area contributed by atoms with E-state index in [2.05, 4.69) is 30.4 Å². The summed E-state index contributed by atoms with van der Waals surface area (Å²) in [7, 11) is 0. The van der Waals surface area contributed by atoms with Gasteiger partial charge < -0.3 is 10.1 Å². The fourth-order valence-corrected chi connectivity index (χ4v) is 2.48. The minimum absolute atomic E-state index is 0.257. The van der Waals surface area contributed by atoms with Gasteiger partial charge in [-0.25, -0.2) is 0 Å². The van der Waals surface area contributed by atoms with Crippen LogP contribution in [0, 0.1) is 0 Å². The highest BCUT2D eigenvalue weighted by Gasteiger charge is 2.14. The molecule has 0 saturated carbocycles. The number of benzene rings is 2. The first-order valence-corrected chi connectivity index (χ1v) is 6.88. The van der Waals surface area contributed by atoms with Crippen molar-refractivity contribution in [1.29, 1.82) is 0 Å². The topological polar surface area (TPSA) is 21.3 Å². The van der Waals surface area contributed by atoms with E-state index in [1.54, 1.807) is 0 Å². The SMILES string of the molecule is CC(Nc1ccc(Cl)cc1)c1ccc2c(c1)CCO2. The molecule has 3 heteroatoms. The van der Waals surface area contributed by atoms with Crippen molar-refractivity contribution in [2.45, 2.75) is 19.4 Å². The van der Waals surface area contributed by atoms with E-state index in [-0.39, 0.29) is 6.04 Å². The summed E-state index contributed by atoms with van der Waals surface area (Å²) in [5, 5.41) is 4.23. The summed E-state index contributed by atoms with van der Waals surface area (Å²) in [5.41, 5.74) is 3.66. The second kappa shape index (κ2) is 5.14. The Kier molecular flexibility index (Phi) is 3.34. The predicted molar refractivity (Wildman–Crippen MR) is 79.1 cm³/mol. The van der Waals surface area contributed by atoms with Gasteiger partial charge in [0.05, 0.1) is 6.61 Å². The Morgan fingerprint density at radius 3 is 2.74 bits per heavy atom. The quantitative estimate of drug-likeness (QED) is 0.892. The van der Waals surface area contributed by atoms with Crippen LogP contribution in [0.2, 0.25) is 5.02 Å². The van der Waals surface area contributed by atoms with Crippen molar-refractivity contribution >= 4 is 17.3 Å². The maximum Gasteiger partial charge on any atom is 0.122 e. The maximum atomic E-state index is 5.89. The zero-order chi connectivity index (χ0) is 13.2. The van der Waals surface area contributed by atoms with Crippen LogP contribution in [0.1, 0.15) is 24.1 Å². The Hall–Kier alpha value is -1.67. The number of anilines is 1. The van der Waals surface area contributed by atoms with Crippen molar-refractivity contribution in [3.63, 3.8) is 0 Å². The molecular formula is C16H16ClNO. The first-order valence-electron chi connectivity index (χ1n) is 6.50. The number of hydrogen-bond donors (Lipinski definition) is 1. The molecule has 0 bridgehead atoms. The first kappa shape index (κ1) is 12.4. The second-order valence-corrected chi connectivity index (χ2v) is 5.27. The third-order valence-electron chi connectivity index (χ3n) is 3.44. The van der Waals surface area contributed by atoms with Crippen LogP contribution in [0.5, 0.6) is 5.75 Å². The number of ether oxygens (including phenoxy) is 1. The highest BCUT2D eigenvalue weighted by Crippen LogP contribution is 2.29. The summed E-state index contributed by atoms with van der Waals surface area (Å²) in [6.45, 7) is 2.96. The molecule has 0 radical (unpaired) electrons. The standard InChI is InChI=1S/C16H16ClNO/c1-11(18-15-5-3-14(17)4-6-15)12-2-7-16-13(10-12)8-9-19-16/h2-7,10-11,18H,8-9H2,1H3. The number of nitrogens with one attached hydrogen (secondary N) is 1. The Morgan fingerprint density at radius 1 is 1.16 bits per heavy atom. The molecule has 1 heterocycles. The second-order valence-electron chi connectivity index (χ2n) is 4.84. The number of fused-ring (bicyclic) bond motifs is 1. The molecule has 2 nitrogen and oxygen atoms in total. The zero-order valence-corrected chi connectivity index (χ0v) is 11.6. The zero-order valence-electron chi connectivity index (χ0n) is 10.8. The molecule has 0 aliphatic carbocycles. The normalized spacial score (nSPS) is 14.6. The lowest BCUT2D eigenvalue weighted by Crippen LogP contribution is -2.06. The molecule has 0 saturated heterocycles. The molecule has 0 fully saturated rings. The molecule has 1 aliphatic heterocycles. The van der Waals surface area contributed by atoms with Crippen LogP contribution >= 0.6 is 11.6 Å². The van der Waals surface area contributed by atoms with Crippen molar-refractivity contribution in [1.82, 2.24) is 0 Å². The average Bonchev–Trinajstić information content (AvgIpc) is 2.88. The summed E-state index contributed by atoms with van der Waals surface area (Å²) in [6, 6.07) is 14.5. The number of halogens is 1. The van der Waals surface area contributed by atoms with E-state index in [0.717, 1.165) is 29.5 Å². The molecule has 0 aromatic heterocycles. The monoisotopic (exact) mass is 273 g/mol. The minimum atomic E-state index is 0.257. The van der Waals surface area contributed by atoms with Crippen LogP contribution in [0.4, 0.5) is 5.69 Å². The van der Waals surface area contributed by atoms with Crippen LogP contribution in [-0.4, -0.2) is 6.61 Å². The molecule has 2 aromatic carbocycles.